The van der Waals surface area contributed by atoms with Gasteiger partial charge in [0.05, 0.1) is 16.8 Å². The van der Waals surface area contributed by atoms with E-state index in [1.165, 1.54) is 23.8 Å². The van der Waals surface area contributed by atoms with Gasteiger partial charge in [0.15, 0.2) is 0 Å². The number of nitrogens with one attached hydrogen (secondary N) is 2. The maximum Gasteiger partial charge on any atom is 0.241 e. The van der Waals surface area contributed by atoms with Crippen LogP contribution < -0.4 is 10.6 Å². The summed E-state index contributed by atoms with van der Waals surface area (Å²) in [6, 6.07) is 11.6. The molecule has 5 heteroatoms. The lowest BCUT2D eigenvalue weighted by Gasteiger charge is -2.15. The van der Waals surface area contributed by atoms with Crippen molar-refractivity contribution >= 4 is 23.2 Å². The van der Waals surface area contributed by atoms with Crippen LogP contribution in [-0.2, 0) is 11.3 Å². The van der Waals surface area contributed by atoms with Crippen molar-refractivity contribution in [2.75, 3.05) is 5.32 Å². The van der Waals surface area contributed by atoms with Crippen LogP contribution in [0.2, 0.25) is 5.02 Å². The quantitative estimate of drug-likeness (QED) is 0.877. The van der Waals surface area contributed by atoms with Gasteiger partial charge in [0, 0.05) is 6.54 Å². The van der Waals surface area contributed by atoms with Crippen LogP contribution in [0.4, 0.5) is 10.1 Å². The molecule has 0 fully saturated rings. The number of benzene rings is 2. The summed E-state index contributed by atoms with van der Waals surface area (Å²) < 4.78 is 13.0. The first-order chi connectivity index (χ1) is 10.5. The molecule has 0 saturated carbocycles. The maximum absolute atomic E-state index is 13.0. The normalized spacial score (nSPS) is 12.0. The minimum atomic E-state index is -0.437. The summed E-state index contributed by atoms with van der Waals surface area (Å²) in [6.45, 7) is 4.38. The van der Waals surface area contributed by atoms with E-state index in [9.17, 15) is 9.18 Å². The largest absolute Gasteiger partial charge is 0.323 e. The Labute approximate surface area is 134 Å². The summed E-state index contributed by atoms with van der Waals surface area (Å²) >= 11 is 5.89. The number of carbonyl (C=O) groups is 1. The molecule has 0 aliphatic carbocycles. The van der Waals surface area contributed by atoms with Gasteiger partial charge in [0.25, 0.3) is 0 Å². The lowest BCUT2D eigenvalue weighted by molar-refractivity contribution is -0.117. The Bertz CT molecular complexity index is 658. The smallest absolute Gasteiger partial charge is 0.241 e. The molecular formula is C17H18ClFN2O. The number of hydrogen-bond acceptors (Lipinski definition) is 2. The fourth-order valence-corrected chi connectivity index (χ4v) is 2.12. The number of anilines is 1. The Morgan fingerprint density at radius 3 is 2.55 bits per heavy atom. The molecule has 2 N–H and O–H groups in total. The van der Waals surface area contributed by atoms with Gasteiger partial charge in [0.1, 0.15) is 5.82 Å². The van der Waals surface area contributed by atoms with E-state index in [1.807, 2.05) is 31.2 Å². The van der Waals surface area contributed by atoms with E-state index in [1.54, 1.807) is 6.92 Å². The van der Waals surface area contributed by atoms with E-state index < -0.39 is 11.9 Å². The van der Waals surface area contributed by atoms with Gasteiger partial charge in [-0.05, 0) is 37.6 Å². The number of aryl methyl sites for hydroxylation is 1. The summed E-state index contributed by atoms with van der Waals surface area (Å²) in [4.78, 5) is 12.1. The molecule has 1 atom stereocenters. The van der Waals surface area contributed by atoms with E-state index in [0.717, 1.165) is 5.56 Å². The molecule has 2 aromatic carbocycles. The van der Waals surface area contributed by atoms with E-state index in [-0.39, 0.29) is 10.9 Å². The zero-order valence-corrected chi connectivity index (χ0v) is 13.2. The van der Waals surface area contributed by atoms with Crippen LogP contribution in [0.3, 0.4) is 0 Å². The Balaban J connectivity index is 1.90. The Kier molecular flexibility index (Phi) is 5.52. The standard InChI is InChI=1S/C17H18ClFN2O/c1-11-3-5-13(6-4-11)10-20-12(2)17(22)21-16-8-7-14(19)9-15(16)18/h3-9,12,20H,10H2,1-2H3,(H,21,22)/t12-/m0/s1. The van der Waals surface area contributed by atoms with Crippen LogP contribution in [0.1, 0.15) is 18.1 Å². The third-order valence-corrected chi connectivity index (χ3v) is 3.63. The lowest BCUT2D eigenvalue weighted by atomic mass is 10.1. The van der Waals surface area contributed by atoms with Crippen molar-refractivity contribution in [3.05, 3.63) is 64.4 Å². The zero-order chi connectivity index (χ0) is 16.1. The van der Waals surface area contributed by atoms with Crippen molar-refractivity contribution in [1.29, 1.82) is 0 Å². The summed E-state index contributed by atoms with van der Waals surface area (Å²) in [5, 5.41) is 6.00. The molecule has 22 heavy (non-hydrogen) atoms. The topological polar surface area (TPSA) is 41.1 Å². The monoisotopic (exact) mass is 320 g/mol. The second-order valence-electron chi connectivity index (χ2n) is 5.20. The van der Waals surface area contributed by atoms with Gasteiger partial charge >= 0.3 is 0 Å². The highest BCUT2D eigenvalue weighted by Gasteiger charge is 2.14. The third kappa shape index (κ3) is 4.55. The second-order valence-corrected chi connectivity index (χ2v) is 5.61. The zero-order valence-electron chi connectivity index (χ0n) is 12.5. The number of rotatable bonds is 5. The molecule has 2 aromatic rings. The van der Waals surface area contributed by atoms with Crippen molar-refractivity contribution in [2.45, 2.75) is 26.4 Å². The molecule has 1 amide bonds. The number of amides is 1. The number of carbonyl (C=O) groups excluding carboxylic acids is 1. The minimum absolute atomic E-state index is 0.180. The van der Waals surface area contributed by atoms with Crippen LogP contribution in [0.5, 0.6) is 0 Å². The van der Waals surface area contributed by atoms with Crippen molar-refractivity contribution in [1.82, 2.24) is 5.32 Å². The predicted molar refractivity (Wildman–Crippen MR) is 87.5 cm³/mol. The second kappa shape index (κ2) is 7.38. The molecule has 2 rings (SSSR count). The first-order valence-corrected chi connectivity index (χ1v) is 7.38. The summed E-state index contributed by atoms with van der Waals surface area (Å²) in [7, 11) is 0. The van der Waals surface area contributed by atoms with E-state index >= 15 is 0 Å². The van der Waals surface area contributed by atoms with Gasteiger partial charge in [-0.3, -0.25) is 4.79 Å². The van der Waals surface area contributed by atoms with Crippen LogP contribution >= 0.6 is 11.6 Å². The summed E-state index contributed by atoms with van der Waals surface area (Å²) in [5.41, 5.74) is 2.70. The van der Waals surface area contributed by atoms with Gasteiger partial charge in [-0.1, -0.05) is 41.4 Å². The average Bonchev–Trinajstić information content (AvgIpc) is 2.49. The van der Waals surface area contributed by atoms with Gasteiger partial charge in [0.2, 0.25) is 5.91 Å². The van der Waals surface area contributed by atoms with Gasteiger partial charge in [-0.25, -0.2) is 4.39 Å². The first kappa shape index (κ1) is 16.5. The SMILES string of the molecule is Cc1ccc(CN[C@@H](C)C(=O)Nc2ccc(F)cc2Cl)cc1. The van der Waals surface area contributed by atoms with E-state index in [4.69, 9.17) is 11.6 Å². The Hall–Kier alpha value is -1.91. The molecule has 0 bridgehead atoms. The van der Waals surface area contributed by atoms with Crippen molar-refractivity contribution < 1.29 is 9.18 Å². The third-order valence-electron chi connectivity index (χ3n) is 3.32. The fraction of sp³-hybridized carbons (Fsp3) is 0.235. The van der Waals surface area contributed by atoms with Gasteiger partial charge < -0.3 is 10.6 Å². The van der Waals surface area contributed by atoms with Crippen LogP contribution in [-0.4, -0.2) is 11.9 Å². The minimum Gasteiger partial charge on any atom is -0.323 e. The van der Waals surface area contributed by atoms with Gasteiger partial charge in [-0.15, -0.1) is 0 Å². The molecule has 0 saturated heterocycles. The van der Waals surface area contributed by atoms with E-state index in [2.05, 4.69) is 10.6 Å². The van der Waals surface area contributed by atoms with Crippen molar-refractivity contribution in [3.8, 4) is 0 Å². The van der Waals surface area contributed by atoms with Crippen molar-refractivity contribution in [3.63, 3.8) is 0 Å². The Morgan fingerprint density at radius 2 is 1.91 bits per heavy atom. The maximum atomic E-state index is 13.0. The Morgan fingerprint density at radius 1 is 1.23 bits per heavy atom. The van der Waals surface area contributed by atoms with Crippen molar-refractivity contribution in [2.24, 2.45) is 0 Å². The number of halogens is 2. The lowest BCUT2D eigenvalue weighted by Crippen LogP contribution is -2.37. The van der Waals surface area contributed by atoms with Crippen LogP contribution in [0.25, 0.3) is 0 Å². The molecular weight excluding hydrogens is 303 g/mol. The highest BCUT2D eigenvalue weighted by atomic mass is 35.5. The van der Waals surface area contributed by atoms with Crippen LogP contribution in [0, 0.1) is 12.7 Å². The number of hydrogen-bond donors (Lipinski definition) is 2. The first-order valence-electron chi connectivity index (χ1n) is 7.00. The van der Waals surface area contributed by atoms with Crippen LogP contribution in [0.15, 0.2) is 42.5 Å². The highest BCUT2D eigenvalue weighted by Crippen LogP contribution is 2.22. The van der Waals surface area contributed by atoms with Gasteiger partial charge in [-0.2, -0.15) is 0 Å². The molecule has 0 aromatic heterocycles. The molecule has 0 spiro atoms. The molecule has 0 aliphatic rings. The molecule has 0 unspecified atom stereocenters. The predicted octanol–water partition coefficient (Wildman–Crippen LogP) is 3.90. The highest BCUT2D eigenvalue weighted by molar-refractivity contribution is 6.33. The average molecular weight is 321 g/mol. The van der Waals surface area contributed by atoms with E-state index in [0.29, 0.717) is 12.2 Å². The summed E-state index contributed by atoms with van der Waals surface area (Å²) in [5.74, 6) is -0.658. The molecule has 3 nitrogen and oxygen atoms in total. The fourth-order valence-electron chi connectivity index (χ4n) is 1.90. The summed E-state index contributed by atoms with van der Waals surface area (Å²) in [6.07, 6.45) is 0. The molecule has 0 radical (unpaired) electrons. The molecule has 0 heterocycles. The molecule has 116 valence electrons. The molecule has 0 aliphatic heterocycles.